The summed E-state index contributed by atoms with van der Waals surface area (Å²) in [6.07, 6.45) is 1.12. The number of rotatable bonds is 4. The summed E-state index contributed by atoms with van der Waals surface area (Å²) in [6, 6.07) is 2.32. The van der Waals surface area contributed by atoms with Crippen LogP contribution in [0.5, 0.6) is 0 Å². The highest BCUT2D eigenvalue weighted by molar-refractivity contribution is 6.37. The molecular formula is C14H22Cl2N4. The number of nitrogens with one attached hydrogen (secondary N) is 1. The van der Waals surface area contributed by atoms with E-state index in [0.29, 0.717) is 21.9 Å². The van der Waals surface area contributed by atoms with E-state index in [-0.39, 0.29) is 0 Å². The Morgan fingerprint density at radius 2 is 2.05 bits per heavy atom. The fraction of sp³-hybridized carbons (Fsp3) is 0.643. The molecule has 6 heteroatoms. The maximum Gasteiger partial charge on any atom is 0.150 e. The van der Waals surface area contributed by atoms with Crippen molar-refractivity contribution in [3.63, 3.8) is 0 Å². The van der Waals surface area contributed by atoms with Gasteiger partial charge in [0.1, 0.15) is 11.6 Å². The molecule has 0 aliphatic carbocycles. The topological polar surface area (TPSA) is 31.4 Å². The third-order valence-electron chi connectivity index (χ3n) is 3.80. The monoisotopic (exact) mass is 316 g/mol. The lowest BCUT2D eigenvalue weighted by Gasteiger charge is -2.40. The fourth-order valence-corrected chi connectivity index (χ4v) is 3.09. The second kappa shape index (κ2) is 6.83. The molecule has 1 saturated heterocycles. The summed E-state index contributed by atoms with van der Waals surface area (Å²) in [7, 11) is 2.17. The number of nitrogens with zero attached hydrogens (tertiary/aromatic N) is 3. The first-order valence-electron chi connectivity index (χ1n) is 7.11. The van der Waals surface area contributed by atoms with Crippen molar-refractivity contribution in [3.05, 3.63) is 16.1 Å². The largest absolute Gasteiger partial charge is 0.369 e. The molecule has 1 fully saturated rings. The normalized spacial score (nSPS) is 20.2. The molecule has 0 spiro atoms. The summed E-state index contributed by atoms with van der Waals surface area (Å²) in [5.74, 6) is 1.54. The number of pyridine rings is 1. The van der Waals surface area contributed by atoms with Crippen molar-refractivity contribution in [2.45, 2.75) is 26.3 Å². The van der Waals surface area contributed by atoms with Crippen molar-refractivity contribution < 1.29 is 0 Å². The zero-order chi connectivity index (χ0) is 14.7. The number of likely N-dealkylation sites (N-methyl/N-ethyl adjacent to an activating group) is 1. The molecule has 1 aliphatic rings. The molecular weight excluding hydrogens is 295 g/mol. The van der Waals surface area contributed by atoms with Crippen LogP contribution in [0.15, 0.2) is 6.07 Å². The molecule has 2 rings (SSSR count). The lowest BCUT2D eigenvalue weighted by molar-refractivity contribution is 0.213. The minimum absolute atomic E-state index is 0.542. The van der Waals surface area contributed by atoms with E-state index in [0.717, 1.165) is 38.4 Å². The molecule has 1 aromatic heterocycles. The molecule has 1 unspecified atom stereocenters. The van der Waals surface area contributed by atoms with Crippen LogP contribution in [0.1, 0.15) is 20.3 Å². The highest BCUT2D eigenvalue weighted by atomic mass is 35.5. The molecule has 1 atom stereocenters. The third kappa shape index (κ3) is 3.30. The van der Waals surface area contributed by atoms with Gasteiger partial charge < -0.3 is 10.2 Å². The van der Waals surface area contributed by atoms with Crippen LogP contribution in [0, 0.1) is 0 Å². The zero-order valence-corrected chi connectivity index (χ0v) is 13.8. The molecule has 0 aromatic carbocycles. The maximum absolute atomic E-state index is 6.33. The Bertz CT molecular complexity index is 467. The van der Waals surface area contributed by atoms with Crippen LogP contribution in [0.3, 0.4) is 0 Å². The van der Waals surface area contributed by atoms with Gasteiger partial charge in [-0.2, -0.15) is 0 Å². The zero-order valence-electron chi connectivity index (χ0n) is 12.3. The Balaban J connectivity index is 2.25. The molecule has 112 valence electrons. The van der Waals surface area contributed by atoms with Gasteiger partial charge in [-0.15, -0.1) is 0 Å². The first-order valence-corrected chi connectivity index (χ1v) is 7.87. The van der Waals surface area contributed by atoms with Gasteiger partial charge in [0.05, 0.1) is 10.0 Å². The SMILES string of the molecule is CCNc1nc(N2CCN(C)C(CC)C2)c(Cl)cc1Cl. The standard InChI is InChI=1S/C14H22Cl2N4/c1-4-10-9-20(7-6-19(10)3)14-12(16)8-11(15)13(18-14)17-5-2/h8,10H,4-7,9H2,1-3H3,(H,17,18). The van der Waals surface area contributed by atoms with Crippen molar-refractivity contribution in [1.82, 2.24) is 9.88 Å². The van der Waals surface area contributed by atoms with E-state index in [9.17, 15) is 0 Å². The third-order valence-corrected chi connectivity index (χ3v) is 4.37. The summed E-state index contributed by atoms with van der Waals surface area (Å²) in [4.78, 5) is 9.26. The predicted octanol–water partition coefficient (Wildman–Crippen LogP) is 3.35. The lowest BCUT2D eigenvalue weighted by atomic mass is 10.1. The Labute approximate surface area is 131 Å². The summed E-state index contributed by atoms with van der Waals surface area (Å²) < 4.78 is 0. The van der Waals surface area contributed by atoms with Crippen LogP contribution in [-0.2, 0) is 0 Å². The quantitative estimate of drug-likeness (QED) is 0.923. The maximum atomic E-state index is 6.33. The number of anilines is 2. The second-order valence-electron chi connectivity index (χ2n) is 5.14. The molecule has 1 aliphatic heterocycles. The fourth-order valence-electron chi connectivity index (χ4n) is 2.55. The van der Waals surface area contributed by atoms with Crippen LogP contribution in [0.2, 0.25) is 10.0 Å². The Morgan fingerprint density at radius 3 is 2.70 bits per heavy atom. The number of halogens is 2. The number of aromatic nitrogens is 1. The van der Waals surface area contributed by atoms with E-state index in [4.69, 9.17) is 23.2 Å². The summed E-state index contributed by atoms with van der Waals surface area (Å²) in [6.45, 7) is 7.94. The van der Waals surface area contributed by atoms with E-state index in [1.807, 2.05) is 6.92 Å². The summed E-state index contributed by atoms with van der Waals surface area (Å²) in [5.41, 5.74) is 0. The predicted molar refractivity (Wildman–Crippen MR) is 87.3 cm³/mol. The molecule has 0 bridgehead atoms. The Hall–Kier alpha value is -0.710. The van der Waals surface area contributed by atoms with E-state index in [2.05, 4.69) is 34.1 Å². The molecule has 4 nitrogen and oxygen atoms in total. The molecule has 2 heterocycles. The average Bonchev–Trinajstić information content (AvgIpc) is 2.43. The van der Waals surface area contributed by atoms with Crippen molar-refractivity contribution in [1.29, 1.82) is 0 Å². The summed E-state index contributed by atoms with van der Waals surface area (Å²) >= 11 is 12.5. The number of piperazine rings is 1. The lowest BCUT2D eigenvalue weighted by Crippen LogP contribution is -2.51. The van der Waals surface area contributed by atoms with Gasteiger partial charge in [-0.05, 0) is 26.5 Å². The van der Waals surface area contributed by atoms with E-state index < -0.39 is 0 Å². The van der Waals surface area contributed by atoms with Gasteiger partial charge in [-0.3, -0.25) is 4.90 Å². The van der Waals surface area contributed by atoms with Crippen molar-refractivity contribution in [2.24, 2.45) is 0 Å². The van der Waals surface area contributed by atoms with Crippen molar-refractivity contribution >= 4 is 34.8 Å². The van der Waals surface area contributed by atoms with E-state index in [1.54, 1.807) is 6.07 Å². The molecule has 0 saturated carbocycles. The van der Waals surface area contributed by atoms with Gasteiger partial charge in [0.2, 0.25) is 0 Å². The molecule has 1 aromatic rings. The highest BCUT2D eigenvalue weighted by Gasteiger charge is 2.25. The number of hydrogen-bond acceptors (Lipinski definition) is 4. The van der Waals surface area contributed by atoms with Crippen LogP contribution in [-0.4, -0.2) is 49.2 Å². The Morgan fingerprint density at radius 1 is 1.30 bits per heavy atom. The van der Waals surface area contributed by atoms with Gasteiger partial charge >= 0.3 is 0 Å². The molecule has 1 N–H and O–H groups in total. The van der Waals surface area contributed by atoms with Gasteiger partial charge in [-0.1, -0.05) is 30.1 Å². The number of hydrogen-bond donors (Lipinski definition) is 1. The highest BCUT2D eigenvalue weighted by Crippen LogP contribution is 2.32. The minimum Gasteiger partial charge on any atom is -0.369 e. The van der Waals surface area contributed by atoms with Gasteiger partial charge in [-0.25, -0.2) is 4.98 Å². The second-order valence-corrected chi connectivity index (χ2v) is 5.96. The van der Waals surface area contributed by atoms with Crippen molar-refractivity contribution in [3.8, 4) is 0 Å². The van der Waals surface area contributed by atoms with E-state index in [1.165, 1.54) is 0 Å². The summed E-state index contributed by atoms with van der Waals surface area (Å²) in [5, 5.41) is 4.37. The van der Waals surface area contributed by atoms with Crippen LogP contribution in [0.25, 0.3) is 0 Å². The molecule has 20 heavy (non-hydrogen) atoms. The van der Waals surface area contributed by atoms with Gasteiger partial charge in [0, 0.05) is 32.2 Å². The molecule has 0 amide bonds. The Kier molecular flexibility index (Phi) is 5.35. The average molecular weight is 317 g/mol. The van der Waals surface area contributed by atoms with Gasteiger partial charge in [0.15, 0.2) is 0 Å². The van der Waals surface area contributed by atoms with Crippen molar-refractivity contribution in [2.75, 3.05) is 43.4 Å². The molecule has 0 radical (unpaired) electrons. The van der Waals surface area contributed by atoms with Gasteiger partial charge in [0.25, 0.3) is 0 Å². The minimum atomic E-state index is 0.542. The smallest absolute Gasteiger partial charge is 0.150 e. The first kappa shape index (κ1) is 15.7. The van der Waals surface area contributed by atoms with E-state index >= 15 is 0 Å². The van der Waals surface area contributed by atoms with Crippen LogP contribution in [0.4, 0.5) is 11.6 Å². The first-order chi connectivity index (χ1) is 9.56. The van der Waals surface area contributed by atoms with Crippen LogP contribution >= 0.6 is 23.2 Å². The van der Waals surface area contributed by atoms with Crippen LogP contribution < -0.4 is 10.2 Å².